The van der Waals surface area contributed by atoms with Gasteiger partial charge in [0.2, 0.25) is 0 Å². The Bertz CT molecular complexity index is 1260. The summed E-state index contributed by atoms with van der Waals surface area (Å²) in [4.78, 5) is 26.4. The first-order chi connectivity index (χ1) is 15.6. The van der Waals surface area contributed by atoms with Crippen molar-refractivity contribution in [2.75, 3.05) is 14.2 Å². The second-order valence-electron chi connectivity index (χ2n) is 7.28. The number of guanidine groups is 1. The van der Waals surface area contributed by atoms with Crippen LogP contribution < -0.4 is 10.5 Å². The third-order valence-corrected chi connectivity index (χ3v) is 5.42. The quantitative estimate of drug-likeness (QED) is 0.604. The fourth-order valence-corrected chi connectivity index (χ4v) is 3.75. The van der Waals surface area contributed by atoms with Crippen LogP contribution in [0.3, 0.4) is 0 Å². The number of amides is 1. The smallest absolute Gasteiger partial charge is 0.419 e. The van der Waals surface area contributed by atoms with Gasteiger partial charge in [-0.1, -0.05) is 12.1 Å². The number of hydrogen-bond donors (Lipinski definition) is 1. The topological polar surface area (TPSA) is 93.7 Å². The van der Waals surface area contributed by atoms with Gasteiger partial charge in [-0.3, -0.25) is 9.69 Å². The van der Waals surface area contributed by atoms with Gasteiger partial charge >= 0.3 is 6.18 Å². The zero-order chi connectivity index (χ0) is 24.0. The number of likely N-dealkylation sites (N-methyl/N-ethyl adjacent to an activating group) is 1. The molecule has 1 aliphatic rings. The first kappa shape index (κ1) is 22.2. The third kappa shape index (κ3) is 3.55. The summed E-state index contributed by atoms with van der Waals surface area (Å²) in [5.41, 5.74) is 3.22. The van der Waals surface area contributed by atoms with Crippen molar-refractivity contribution in [3.8, 4) is 16.9 Å². The van der Waals surface area contributed by atoms with Gasteiger partial charge in [0.15, 0.2) is 11.5 Å². The molecule has 1 aliphatic heterocycles. The average molecular weight is 459 g/mol. The second-order valence-corrected chi connectivity index (χ2v) is 7.28. The molecule has 1 aromatic heterocycles. The maximum atomic E-state index is 14.7. The minimum absolute atomic E-state index is 0.0492. The van der Waals surface area contributed by atoms with Crippen molar-refractivity contribution in [1.82, 2.24) is 14.9 Å². The summed E-state index contributed by atoms with van der Waals surface area (Å²) in [5.74, 6) is -1.94. The summed E-state index contributed by atoms with van der Waals surface area (Å²) in [5, 5.41) is 0. The van der Waals surface area contributed by atoms with Crippen molar-refractivity contribution in [1.29, 1.82) is 0 Å². The summed E-state index contributed by atoms with van der Waals surface area (Å²) in [7, 11) is 2.46. The molecular weight excluding hydrogens is 442 g/mol. The summed E-state index contributed by atoms with van der Waals surface area (Å²) in [6.07, 6.45) is -0.752. The van der Waals surface area contributed by atoms with Gasteiger partial charge in [0.05, 0.1) is 12.7 Å². The molecule has 2 N–H and O–H groups in total. The van der Waals surface area contributed by atoms with E-state index in [9.17, 15) is 22.4 Å². The van der Waals surface area contributed by atoms with E-state index in [0.717, 1.165) is 30.2 Å². The number of carbonyl (C=O) groups is 1. The molecule has 3 aromatic rings. The van der Waals surface area contributed by atoms with Gasteiger partial charge in [0, 0.05) is 30.6 Å². The molecule has 1 amide bonds. The van der Waals surface area contributed by atoms with Gasteiger partial charge in [-0.2, -0.15) is 13.2 Å². The number of halogens is 4. The highest BCUT2D eigenvalue weighted by Gasteiger charge is 2.50. The van der Waals surface area contributed by atoms with Crippen LogP contribution >= 0.6 is 0 Å². The lowest BCUT2D eigenvalue weighted by atomic mass is 9.81. The van der Waals surface area contributed by atoms with Crippen molar-refractivity contribution >= 4 is 11.9 Å². The fraction of sp³-hybridized carbons (Fsp3) is 0.182. The van der Waals surface area contributed by atoms with Crippen LogP contribution in [0.2, 0.25) is 0 Å². The van der Waals surface area contributed by atoms with Crippen LogP contribution in [0.15, 0.2) is 60.1 Å². The molecule has 0 unspecified atom stereocenters. The lowest BCUT2D eigenvalue weighted by Gasteiger charge is -2.27. The zero-order valence-electron chi connectivity index (χ0n) is 17.4. The van der Waals surface area contributed by atoms with Gasteiger partial charge in [-0.15, -0.1) is 0 Å². The Morgan fingerprint density at radius 2 is 1.70 bits per heavy atom. The van der Waals surface area contributed by atoms with Gasteiger partial charge in [0.1, 0.15) is 17.9 Å². The molecule has 0 aliphatic carbocycles. The highest BCUT2D eigenvalue weighted by Crippen LogP contribution is 2.44. The largest absolute Gasteiger partial charge is 0.496 e. The van der Waals surface area contributed by atoms with Crippen molar-refractivity contribution in [2.45, 2.75) is 11.7 Å². The lowest BCUT2D eigenvalue weighted by Crippen LogP contribution is -2.41. The maximum Gasteiger partial charge on any atom is 0.419 e. The number of aliphatic imine (C=N–C) groups is 1. The van der Waals surface area contributed by atoms with E-state index in [1.807, 2.05) is 0 Å². The SMILES string of the molecule is COc1ccc([C@@]2(c3ccc(F)c(-c4cncnc4)c3)N=C(N)N(C)C2=O)cc1C(F)(F)F. The summed E-state index contributed by atoms with van der Waals surface area (Å²) in [6.45, 7) is 0. The van der Waals surface area contributed by atoms with Crippen LogP contribution in [-0.2, 0) is 16.5 Å². The van der Waals surface area contributed by atoms with Crippen LogP contribution in [-0.4, -0.2) is 40.9 Å². The maximum absolute atomic E-state index is 14.7. The number of hydrogen-bond acceptors (Lipinski definition) is 6. The molecule has 33 heavy (non-hydrogen) atoms. The Morgan fingerprint density at radius 1 is 1.06 bits per heavy atom. The molecule has 0 spiro atoms. The summed E-state index contributed by atoms with van der Waals surface area (Å²) >= 11 is 0. The predicted octanol–water partition coefficient (Wildman–Crippen LogP) is 3.34. The molecule has 1 atom stereocenters. The predicted molar refractivity (Wildman–Crippen MR) is 111 cm³/mol. The van der Waals surface area contributed by atoms with Gasteiger partial charge < -0.3 is 10.5 Å². The number of alkyl halides is 3. The first-order valence-electron chi connectivity index (χ1n) is 9.54. The Balaban J connectivity index is 2.01. The van der Waals surface area contributed by atoms with Crippen LogP contribution in [0, 0.1) is 5.82 Å². The van der Waals surface area contributed by atoms with E-state index in [0.29, 0.717) is 5.56 Å². The number of ether oxygens (including phenoxy) is 1. The standard InChI is InChI=1S/C22H17F4N5O2/c1-31-19(32)21(30-20(31)27,14-4-6-18(33-2)16(8-14)22(24,25)26)13-3-5-17(23)15(7-13)12-9-28-11-29-10-12/h3-11H,1-2H3,(H2,27,30)/t21-/m1/s1. The van der Waals surface area contributed by atoms with Gasteiger partial charge in [0.25, 0.3) is 5.91 Å². The normalized spacial score (nSPS) is 18.4. The number of rotatable bonds is 4. The molecule has 4 rings (SSSR count). The van der Waals surface area contributed by atoms with Gasteiger partial charge in [-0.25, -0.2) is 19.4 Å². The van der Waals surface area contributed by atoms with Crippen molar-refractivity contribution < 1.29 is 27.1 Å². The number of carbonyl (C=O) groups excluding carboxylic acids is 1. The van der Waals surface area contributed by atoms with E-state index >= 15 is 0 Å². The van der Waals surface area contributed by atoms with E-state index in [-0.39, 0.29) is 22.6 Å². The lowest BCUT2D eigenvalue weighted by molar-refractivity contribution is -0.139. The number of methoxy groups -OCH3 is 1. The molecule has 0 bridgehead atoms. The Kier molecular flexibility index (Phi) is 5.27. The summed E-state index contributed by atoms with van der Waals surface area (Å²) in [6, 6.07) is 6.92. The molecular formula is C22H17F4N5O2. The molecule has 2 heterocycles. The monoisotopic (exact) mass is 459 g/mol. The third-order valence-electron chi connectivity index (χ3n) is 5.42. The number of nitrogens with zero attached hydrogens (tertiary/aromatic N) is 4. The van der Waals surface area contributed by atoms with E-state index in [2.05, 4.69) is 15.0 Å². The minimum Gasteiger partial charge on any atom is -0.496 e. The van der Waals surface area contributed by atoms with Crippen molar-refractivity contribution in [3.63, 3.8) is 0 Å². The Morgan fingerprint density at radius 3 is 2.27 bits per heavy atom. The number of nitrogens with two attached hydrogens (primary N) is 1. The van der Waals surface area contributed by atoms with E-state index in [1.54, 1.807) is 0 Å². The minimum atomic E-state index is -4.76. The highest BCUT2D eigenvalue weighted by molar-refractivity contribution is 6.09. The number of benzene rings is 2. The van der Waals surface area contributed by atoms with E-state index in [1.165, 1.54) is 44.0 Å². The number of aromatic nitrogens is 2. The molecule has 11 heteroatoms. The van der Waals surface area contributed by atoms with Gasteiger partial charge in [-0.05, 0) is 35.4 Å². The second kappa shape index (κ2) is 7.84. The highest BCUT2D eigenvalue weighted by atomic mass is 19.4. The Labute approximate surface area is 185 Å². The summed E-state index contributed by atoms with van der Waals surface area (Å²) < 4.78 is 60.7. The average Bonchev–Trinajstić information content (AvgIpc) is 3.03. The van der Waals surface area contributed by atoms with Crippen LogP contribution in [0.5, 0.6) is 5.75 Å². The van der Waals surface area contributed by atoms with Crippen molar-refractivity contribution in [3.05, 3.63) is 77.6 Å². The molecule has 170 valence electrons. The molecule has 0 radical (unpaired) electrons. The van der Waals surface area contributed by atoms with Crippen molar-refractivity contribution in [2.24, 2.45) is 10.7 Å². The molecule has 2 aromatic carbocycles. The van der Waals surface area contributed by atoms with Crippen LogP contribution in [0.25, 0.3) is 11.1 Å². The van der Waals surface area contributed by atoms with Crippen LogP contribution in [0.1, 0.15) is 16.7 Å². The Hall–Kier alpha value is -4.02. The molecule has 0 saturated heterocycles. The molecule has 0 saturated carbocycles. The molecule has 7 nitrogen and oxygen atoms in total. The van der Waals surface area contributed by atoms with E-state index < -0.39 is 34.8 Å². The molecule has 0 fully saturated rings. The van der Waals surface area contributed by atoms with E-state index in [4.69, 9.17) is 10.5 Å². The van der Waals surface area contributed by atoms with Crippen LogP contribution in [0.4, 0.5) is 17.6 Å². The first-order valence-corrected chi connectivity index (χ1v) is 9.54. The zero-order valence-corrected chi connectivity index (χ0v) is 17.4. The fourth-order valence-electron chi connectivity index (χ4n) is 3.75.